The van der Waals surface area contributed by atoms with Crippen LogP contribution >= 0.6 is 11.6 Å². The molecular weight excluding hydrogens is 498 g/mol. The van der Waals surface area contributed by atoms with Crippen molar-refractivity contribution in [3.63, 3.8) is 0 Å². The molecule has 1 fully saturated rings. The van der Waals surface area contributed by atoms with Crippen LogP contribution in [0, 0.1) is 13.8 Å². The Morgan fingerprint density at radius 2 is 1.74 bits per heavy atom. The topological polar surface area (TPSA) is 56.6 Å². The normalized spacial score (nSPS) is 15.4. The molecule has 198 valence electrons. The summed E-state index contributed by atoms with van der Waals surface area (Å²) in [4.78, 5) is 20.0. The first-order valence-corrected chi connectivity index (χ1v) is 13.7. The molecule has 0 aliphatic carbocycles. The molecule has 1 saturated heterocycles. The summed E-state index contributed by atoms with van der Waals surface area (Å²) < 4.78 is 14.1. The minimum Gasteiger partial charge on any atom is -0.494 e. The number of rotatable bonds is 10. The van der Waals surface area contributed by atoms with Crippen LogP contribution in [0.4, 0.5) is 5.69 Å². The number of carbonyl (C=O) groups excluding carboxylic acids is 1. The third-order valence-electron chi connectivity index (χ3n) is 7.08. The Bertz CT molecular complexity index is 1420. The Morgan fingerprint density at radius 3 is 2.53 bits per heavy atom. The van der Waals surface area contributed by atoms with E-state index in [-0.39, 0.29) is 11.8 Å². The maximum absolute atomic E-state index is 13.2. The number of ether oxygens (including phenoxy) is 2. The van der Waals surface area contributed by atoms with Crippen LogP contribution in [0.5, 0.6) is 11.5 Å². The molecule has 1 amide bonds. The first kappa shape index (κ1) is 26.1. The van der Waals surface area contributed by atoms with Gasteiger partial charge in [-0.05, 0) is 81.1 Å². The molecule has 1 aliphatic rings. The van der Waals surface area contributed by atoms with Crippen LogP contribution in [-0.4, -0.2) is 35.2 Å². The first-order valence-electron chi connectivity index (χ1n) is 13.3. The predicted octanol–water partition coefficient (Wildman–Crippen LogP) is 7.08. The molecular formula is C31H34ClN3O3. The zero-order valence-corrected chi connectivity index (χ0v) is 23.0. The number of imidazole rings is 1. The fourth-order valence-corrected chi connectivity index (χ4v) is 5.37. The van der Waals surface area contributed by atoms with E-state index >= 15 is 0 Å². The van der Waals surface area contributed by atoms with E-state index in [1.807, 2.05) is 80.3 Å². The van der Waals surface area contributed by atoms with Crippen LogP contribution in [0.15, 0.2) is 60.7 Å². The van der Waals surface area contributed by atoms with Gasteiger partial charge in [0.2, 0.25) is 5.91 Å². The summed E-state index contributed by atoms with van der Waals surface area (Å²) in [7, 11) is 0. The number of carbonyl (C=O) groups is 1. The number of anilines is 1. The lowest BCUT2D eigenvalue weighted by Gasteiger charge is -2.20. The highest BCUT2D eigenvalue weighted by Gasteiger charge is 2.35. The molecule has 1 unspecified atom stereocenters. The number of amides is 1. The van der Waals surface area contributed by atoms with Crippen molar-refractivity contribution in [2.45, 2.75) is 52.5 Å². The second-order valence-corrected chi connectivity index (χ2v) is 10.2. The molecule has 1 aromatic heterocycles. The minimum atomic E-state index is 0.0147. The lowest BCUT2D eigenvalue weighted by Crippen LogP contribution is -2.25. The van der Waals surface area contributed by atoms with Crippen molar-refractivity contribution in [1.82, 2.24) is 9.55 Å². The quantitative estimate of drug-likeness (QED) is 0.205. The fourth-order valence-electron chi connectivity index (χ4n) is 5.26. The number of unbranched alkanes of at least 4 members (excludes halogenated alkanes) is 1. The monoisotopic (exact) mass is 531 g/mol. The first-order chi connectivity index (χ1) is 18.5. The maximum Gasteiger partial charge on any atom is 0.227 e. The summed E-state index contributed by atoms with van der Waals surface area (Å²) in [5, 5.41) is 0.794. The van der Waals surface area contributed by atoms with Crippen molar-refractivity contribution in [2.24, 2.45) is 0 Å². The average Bonchev–Trinajstić information content (AvgIpc) is 3.48. The average molecular weight is 532 g/mol. The van der Waals surface area contributed by atoms with Gasteiger partial charge in [-0.3, -0.25) is 4.79 Å². The molecule has 0 bridgehead atoms. The van der Waals surface area contributed by atoms with E-state index in [1.165, 1.54) is 0 Å². The van der Waals surface area contributed by atoms with Crippen LogP contribution in [0.25, 0.3) is 11.0 Å². The van der Waals surface area contributed by atoms with Crippen LogP contribution in [0.1, 0.15) is 49.1 Å². The lowest BCUT2D eigenvalue weighted by molar-refractivity contribution is -0.117. The number of halogens is 1. The summed E-state index contributed by atoms with van der Waals surface area (Å²) in [6.45, 7) is 8.54. The van der Waals surface area contributed by atoms with Crippen molar-refractivity contribution >= 4 is 34.2 Å². The van der Waals surface area contributed by atoms with Gasteiger partial charge in [-0.15, -0.1) is 0 Å². The SMILES string of the molecule is CCOc1ccccc1N1CC(c2nc3ccccc3n2CCCCOc2cc(C)c(Cl)c(C)c2)CC1=O. The molecule has 7 heteroatoms. The van der Waals surface area contributed by atoms with E-state index in [9.17, 15) is 4.79 Å². The Hall–Kier alpha value is -3.51. The Labute approximate surface area is 229 Å². The van der Waals surface area contributed by atoms with E-state index < -0.39 is 0 Å². The molecule has 6 nitrogen and oxygen atoms in total. The highest BCUT2D eigenvalue weighted by Crippen LogP contribution is 2.37. The third kappa shape index (κ3) is 5.37. The molecule has 1 atom stereocenters. The number of nitrogens with zero attached hydrogens (tertiary/aromatic N) is 3. The van der Waals surface area contributed by atoms with E-state index in [2.05, 4.69) is 10.6 Å². The lowest BCUT2D eigenvalue weighted by atomic mass is 10.1. The van der Waals surface area contributed by atoms with Gasteiger partial charge in [0.05, 0.1) is 29.9 Å². The van der Waals surface area contributed by atoms with E-state index in [4.69, 9.17) is 26.1 Å². The predicted molar refractivity (Wildman–Crippen MR) is 153 cm³/mol. The number of aromatic nitrogens is 2. The van der Waals surface area contributed by atoms with Crippen molar-refractivity contribution in [3.05, 3.63) is 82.6 Å². The summed E-state index contributed by atoms with van der Waals surface area (Å²) in [6, 6.07) is 19.9. The van der Waals surface area contributed by atoms with Gasteiger partial charge in [0.15, 0.2) is 0 Å². The Morgan fingerprint density at radius 1 is 1.00 bits per heavy atom. The molecule has 0 radical (unpaired) electrons. The zero-order valence-electron chi connectivity index (χ0n) is 22.2. The van der Waals surface area contributed by atoms with E-state index in [0.29, 0.717) is 26.2 Å². The largest absolute Gasteiger partial charge is 0.494 e. The van der Waals surface area contributed by atoms with Gasteiger partial charge in [0.25, 0.3) is 0 Å². The summed E-state index contributed by atoms with van der Waals surface area (Å²) in [5.41, 5.74) is 4.95. The van der Waals surface area contributed by atoms with Crippen LogP contribution < -0.4 is 14.4 Å². The van der Waals surface area contributed by atoms with Crippen LogP contribution in [0.3, 0.4) is 0 Å². The molecule has 4 aromatic rings. The number of hydrogen-bond donors (Lipinski definition) is 0. The van der Waals surface area contributed by atoms with Crippen molar-refractivity contribution in [2.75, 3.05) is 24.7 Å². The summed E-state index contributed by atoms with van der Waals surface area (Å²) in [6.07, 6.45) is 2.28. The van der Waals surface area contributed by atoms with Crippen molar-refractivity contribution < 1.29 is 14.3 Å². The van der Waals surface area contributed by atoms with Gasteiger partial charge in [-0.2, -0.15) is 0 Å². The molecule has 38 heavy (non-hydrogen) atoms. The van der Waals surface area contributed by atoms with Gasteiger partial charge < -0.3 is 18.9 Å². The van der Waals surface area contributed by atoms with Crippen LogP contribution in [0.2, 0.25) is 5.02 Å². The van der Waals surface area contributed by atoms with Crippen molar-refractivity contribution in [3.8, 4) is 11.5 Å². The number of hydrogen-bond acceptors (Lipinski definition) is 4. The van der Waals surface area contributed by atoms with Gasteiger partial charge >= 0.3 is 0 Å². The minimum absolute atomic E-state index is 0.0147. The second kappa shape index (κ2) is 11.5. The van der Waals surface area contributed by atoms with Crippen LogP contribution in [-0.2, 0) is 11.3 Å². The molecule has 2 heterocycles. The van der Waals surface area contributed by atoms with Gasteiger partial charge in [0, 0.05) is 30.5 Å². The molecule has 3 aromatic carbocycles. The van der Waals surface area contributed by atoms with Gasteiger partial charge in [-0.1, -0.05) is 35.9 Å². The molecule has 1 aliphatic heterocycles. The van der Waals surface area contributed by atoms with E-state index in [0.717, 1.165) is 69.6 Å². The number of para-hydroxylation sites is 4. The van der Waals surface area contributed by atoms with E-state index in [1.54, 1.807) is 0 Å². The molecule has 0 N–H and O–H groups in total. The molecule has 5 rings (SSSR count). The molecule has 0 spiro atoms. The van der Waals surface area contributed by atoms with Gasteiger partial charge in [0.1, 0.15) is 17.3 Å². The third-order valence-corrected chi connectivity index (χ3v) is 7.68. The highest BCUT2D eigenvalue weighted by molar-refractivity contribution is 6.32. The number of aryl methyl sites for hydroxylation is 3. The Kier molecular flexibility index (Phi) is 7.89. The second-order valence-electron chi connectivity index (χ2n) is 9.84. The van der Waals surface area contributed by atoms with Gasteiger partial charge in [-0.25, -0.2) is 4.98 Å². The smallest absolute Gasteiger partial charge is 0.227 e. The highest BCUT2D eigenvalue weighted by atomic mass is 35.5. The maximum atomic E-state index is 13.2. The summed E-state index contributed by atoms with van der Waals surface area (Å²) >= 11 is 6.29. The molecule has 0 saturated carbocycles. The van der Waals surface area contributed by atoms with Crippen molar-refractivity contribution in [1.29, 1.82) is 0 Å². The Balaban J connectivity index is 1.29. The number of benzene rings is 3. The summed E-state index contributed by atoms with van der Waals surface area (Å²) in [5.74, 6) is 2.68. The standard InChI is InChI=1S/C31H34ClN3O3/c1-4-37-28-14-8-7-13-27(28)35-20-23(19-29(35)36)31-33-25-11-5-6-12-26(25)34(31)15-9-10-16-38-24-17-21(2)30(32)22(3)18-24/h5-8,11-14,17-18,23H,4,9-10,15-16,19-20H2,1-3H3. The fraction of sp³-hybridized carbons (Fsp3) is 0.355. The zero-order chi connectivity index (χ0) is 26.6. The number of fused-ring (bicyclic) bond motifs is 1.